The molecule has 0 heterocycles. The van der Waals surface area contributed by atoms with Crippen LogP contribution in [0.5, 0.6) is 5.75 Å². The molecule has 0 atom stereocenters. The lowest BCUT2D eigenvalue weighted by Gasteiger charge is -2.10. The van der Waals surface area contributed by atoms with E-state index in [1.165, 1.54) is 25.8 Å². The normalized spacial score (nSPS) is 14.2. The van der Waals surface area contributed by atoms with E-state index in [9.17, 15) is 14.4 Å². The number of benzene rings is 1. The van der Waals surface area contributed by atoms with E-state index in [-0.39, 0.29) is 11.8 Å². The van der Waals surface area contributed by atoms with Crippen LogP contribution < -0.4 is 15.4 Å². The molecule has 2 amide bonds. The van der Waals surface area contributed by atoms with Crippen LogP contribution in [0.1, 0.15) is 49.4 Å². The molecule has 0 spiro atoms. The highest BCUT2D eigenvalue weighted by Crippen LogP contribution is 2.27. The molecule has 0 bridgehead atoms. The Kier molecular flexibility index (Phi) is 6.78. The standard InChI is InChI=1S/C18H24N2O4/c1-13(21)24-16-8-4-7-15(12-16)18(23)20-10-9-19-17(22)11-14-5-2-3-6-14/h4,7-8,12,14H,2-3,5-6,9-11H2,1H3,(H,19,22)(H,20,23). The third kappa shape index (κ3) is 6.02. The maximum absolute atomic E-state index is 12.0. The van der Waals surface area contributed by atoms with Gasteiger partial charge in [0.15, 0.2) is 0 Å². The zero-order valence-electron chi connectivity index (χ0n) is 14.0. The van der Waals surface area contributed by atoms with Gasteiger partial charge >= 0.3 is 5.97 Å². The van der Waals surface area contributed by atoms with Gasteiger partial charge in [-0.1, -0.05) is 18.9 Å². The summed E-state index contributed by atoms with van der Waals surface area (Å²) in [5.74, 6) is 0.197. The van der Waals surface area contributed by atoms with Gasteiger partial charge in [0, 0.05) is 32.0 Å². The summed E-state index contributed by atoms with van der Waals surface area (Å²) >= 11 is 0. The highest BCUT2D eigenvalue weighted by atomic mass is 16.5. The molecule has 1 aliphatic rings. The molecule has 1 fully saturated rings. The van der Waals surface area contributed by atoms with Gasteiger partial charge in [0.25, 0.3) is 5.91 Å². The van der Waals surface area contributed by atoms with Gasteiger partial charge in [0.1, 0.15) is 5.75 Å². The molecule has 6 heteroatoms. The molecule has 24 heavy (non-hydrogen) atoms. The van der Waals surface area contributed by atoms with Gasteiger partial charge in [-0.05, 0) is 37.0 Å². The first-order valence-corrected chi connectivity index (χ1v) is 8.38. The minimum absolute atomic E-state index is 0.0491. The van der Waals surface area contributed by atoms with Crippen LogP contribution in [0.25, 0.3) is 0 Å². The number of amides is 2. The van der Waals surface area contributed by atoms with E-state index >= 15 is 0 Å². The quantitative estimate of drug-likeness (QED) is 0.455. The Bertz CT molecular complexity index is 594. The highest BCUT2D eigenvalue weighted by Gasteiger charge is 2.18. The highest BCUT2D eigenvalue weighted by molar-refractivity contribution is 5.94. The first-order valence-electron chi connectivity index (χ1n) is 8.38. The Morgan fingerprint density at radius 1 is 1.12 bits per heavy atom. The summed E-state index contributed by atoms with van der Waals surface area (Å²) in [5.41, 5.74) is 0.408. The van der Waals surface area contributed by atoms with E-state index in [1.54, 1.807) is 18.2 Å². The van der Waals surface area contributed by atoms with E-state index in [1.807, 2.05) is 0 Å². The molecule has 6 nitrogen and oxygen atoms in total. The Hall–Kier alpha value is -2.37. The number of rotatable bonds is 7. The summed E-state index contributed by atoms with van der Waals surface area (Å²) < 4.78 is 4.95. The molecule has 0 unspecified atom stereocenters. The maximum Gasteiger partial charge on any atom is 0.308 e. The second kappa shape index (κ2) is 9.05. The third-order valence-corrected chi connectivity index (χ3v) is 4.04. The van der Waals surface area contributed by atoms with E-state index in [2.05, 4.69) is 10.6 Å². The average Bonchev–Trinajstić information content (AvgIpc) is 3.04. The van der Waals surface area contributed by atoms with E-state index in [0.717, 1.165) is 12.8 Å². The molecular weight excluding hydrogens is 308 g/mol. The lowest BCUT2D eigenvalue weighted by atomic mass is 10.0. The number of hydrogen-bond donors (Lipinski definition) is 2. The van der Waals surface area contributed by atoms with Crippen LogP contribution in [0.2, 0.25) is 0 Å². The molecule has 2 rings (SSSR count). The lowest BCUT2D eigenvalue weighted by molar-refractivity contribution is -0.131. The first-order chi connectivity index (χ1) is 11.5. The fourth-order valence-electron chi connectivity index (χ4n) is 2.90. The van der Waals surface area contributed by atoms with Gasteiger partial charge in [-0.25, -0.2) is 0 Å². The van der Waals surface area contributed by atoms with Crippen molar-refractivity contribution in [2.75, 3.05) is 13.1 Å². The summed E-state index contributed by atoms with van der Waals surface area (Å²) in [4.78, 5) is 34.8. The van der Waals surface area contributed by atoms with Crippen molar-refractivity contribution in [2.24, 2.45) is 5.92 Å². The molecule has 0 radical (unpaired) electrons. The smallest absolute Gasteiger partial charge is 0.308 e. The summed E-state index contributed by atoms with van der Waals surface area (Å²) in [7, 11) is 0. The number of carbonyl (C=O) groups is 3. The van der Waals surface area contributed by atoms with Crippen molar-refractivity contribution in [3.63, 3.8) is 0 Å². The molecule has 1 aromatic rings. The van der Waals surface area contributed by atoms with Crippen LogP contribution in [0.15, 0.2) is 24.3 Å². The minimum atomic E-state index is -0.433. The minimum Gasteiger partial charge on any atom is -0.427 e. The second-order valence-corrected chi connectivity index (χ2v) is 6.08. The van der Waals surface area contributed by atoms with Gasteiger partial charge in [0.05, 0.1) is 0 Å². The summed E-state index contributed by atoms with van der Waals surface area (Å²) in [5, 5.41) is 5.57. The second-order valence-electron chi connectivity index (χ2n) is 6.08. The zero-order valence-corrected chi connectivity index (χ0v) is 14.0. The van der Waals surface area contributed by atoms with E-state index < -0.39 is 5.97 Å². The average molecular weight is 332 g/mol. The van der Waals surface area contributed by atoms with Crippen LogP contribution in [0.3, 0.4) is 0 Å². The van der Waals surface area contributed by atoms with Gasteiger partial charge in [-0.2, -0.15) is 0 Å². The van der Waals surface area contributed by atoms with Crippen molar-refractivity contribution >= 4 is 17.8 Å². The SMILES string of the molecule is CC(=O)Oc1cccc(C(=O)NCCNC(=O)CC2CCCC2)c1. The van der Waals surface area contributed by atoms with Gasteiger partial charge in [0.2, 0.25) is 5.91 Å². The van der Waals surface area contributed by atoms with E-state index in [4.69, 9.17) is 4.74 Å². The molecule has 0 aliphatic heterocycles. The van der Waals surface area contributed by atoms with Crippen molar-refractivity contribution < 1.29 is 19.1 Å². The van der Waals surface area contributed by atoms with Crippen LogP contribution in [0.4, 0.5) is 0 Å². The molecule has 1 saturated carbocycles. The first kappa shape index (κ1) is 18.0. The fraction of sp³-hybridized carbons (Fsp3) is 0.500. The van der Waals surface area contributed by atoms with Crippen molar-refractivity contribution in [3.8, 4) is 5.75 Å². The lowest BCUT2D eigenvalue weighted by Crippen LogP contribution is -2.35. The van der Waals surface area contributed by atoms with Crippen molar-refractivity contribution in [3.05, 3.63) is 29.8 Å². The molecule has 2 N–H and O–H groups in total. The van der Waals surface area contributed by atoms with Gasteiger partial charge in [-0.3, -0.25) is 14.4 Å². The van der Waals surface area contributed by atoms with Crippen LogP contribution in [-0.4, -0.2) is 30.9 Å². The van der Waals surface area contributed by atoms with Crippen LogP contribution in [-0.2, 0) is 9.59 Å². The topological polar surface area (TPSA) is 84.5 Å². The third-order valence-electron chi connectivity index (χ3n) is 4.04. The number of nitrogens with one attached hydrogen (secondary N) is 2. The summed E-state index contributed by atoms with van der Waals surface area (Å²) in [6, 6.07) is 6.41. The number of esters is 1. The van der Waals surface area contributed by atoms with Crippen molar-refractivity contribution in [2.45, 2.75) is 39.0 Å². The molecule has 1 aliphatic carbocycles. The Labute approximate surface area is 142 Å². The molecule has 0 aromatic heterocycles. The number of carbonyl (C=O) groups excluding carboxylic acids is 3. The Morgan fingerprint density at radius 2 is 1.83 bits per heavy atom. The zero-order chi connectivity index (χ0) is 17.4. The van der Waals surface area contributed by atoms with Crippen molar-refractivity contribution in [1.82, 2.24) is 10.6 Å². The summed E-state index contributed by atoms with van der Waals surface area (Å²) in [6.45, 7) is 2.06. The van der Waals surface area contributed by atoms with Gasteiger partial charge < -0.3 is 15.4 Å². The molecule has 1 aromatic carbocycles. The maximum atomic E-state index is 12.0. The Morgan fingerprint density at radius 3 is 2.54 bits per heavy atom. The van der Waals surface area contributed by atoms with E-state index in [0.29, 0.717) is 36.7 Å². The fourth-order valence-corrected chi connectivity index (χ4v) is 2.90. The monoisotopic (exact) mass is 332 g/mol. The number of hydrogen-bond acceptors (Lipinski definition) is 4. The van der Waals surface area contributed by atoms with Crippen LogP contribution >= 0.6 is 0 Å². The molecule has 0 saturated heterocycles. The molecular formula is C18H24N2O4. The van der Waals surface area contributed by atoms with Gasteiger partial charge in [-0.15, -0.1) is 0 Å². The van der Waals surface area contributed by atoms with Crippen LogP contribution in [0, 0.1) is 5.92 Å². The largest absolute Gasteiger partial charge is 0.427 e. The number of ether oxygens (including phenoxy) is 1. The summed E-state index contributed by atoms with van der Waals surface area (Å²) in [6.07, 6.45) is 5.31. The predicted molar refractivity (Wildman–Crippen MR) is 89.7 cm³/mol. The Balaban J connectivity index is 1.69. The predicted octanol–water partition coefficient (Wildman–Crippen LogP) is 2.04. The van der Waals surface area contributed by atoms with Crippen molar-refractivity contribution in [1.29, 1.82) is 0 Å². The molecule has 130 valence electrons.